The molecule has 148 valence electrons. The number of thiol groups is 1. The van der Waals surface area contributed by atoms with Crippen LogP contribution in [0.4, 0.5) is 5.69 Å². The normalized spacial score (nSPS) is 14.8. The molecule has 0 aromatic heterocycles. The highest BCUT2D eigenvalue weighted by Crippen LogP contribution is 2.28. The van der Waals surface area contributed by atoms with Gasteiger partial charge < -0.3 is 5.32 Å². The Morgan fingerprint density at radius 2 is 2.00 bits per heavy atom. The minimum absolute atomic E-state index is 0.0133. The van der Waals surface area contributed by atoms with Gasteiger partial charge in [-0.05, 0) is 24.3 Å². The lowest BCUT2D eigenvalue weighted by molar-refractivity contribution is 0.102. The number of hydrogen-bond acceptors (Lipinski definition) is 7. The molecule has 0 fully saturated rings. The maximum absolute atomic E-state index is 12.8. The van der Waals surface area contributed by atoms with Crippen LogP contribution in [0.2, 0.25) is 5.02 Å². The summed E-state index contributed by atoms with van der Waals surface area (Å²) in [5.74, 6) is -0.444. The molecular formula is C17H18ClN5O3S2. The quantitative estimate of drug-likeness (QED) is 0.545. The number of hydrazine groups is 1. The molecule has 2 aromatic rings. The van der Waals surface area contributed by atoms with Gasteiger partial charge in [-0.3, -0.25) is 10.2 Å². The van der Waals surface area contributed by atoms with Crippen LogP contribution in [-0.2, 0) is 10.0 Å². The number of likely N-dealkylation sites (N-methyl/N-ethyl adjacent to an activating group) is 1. The number of benzene rings is 2. The lowest BCUT2D eigenvalue weighted by atomic mass is 10.2. The summed E-state index contributed by atoms with van der Waals surface area (Å²) in [5.41, 5.74) is 3.38. The number of carbonyl (C=O) groups excluding carboxylic acids is 1. The minimum atomic E-state index is -4.04. The molecule has 0 saturated heterocycles. The molecule has 3 N–H and O–H groups in total. The summed E-state index contributed by atoms with van der Waals surface area (Å²) in [5, 5.41) is 4.47. The summed E-state index contributed by atoms with van der Waals surface area (Å²) in [6, 6.07) is 11.3. The molecule has 11 heteroatoms. The summed E-state index contributed by atoms with van der Waals surface area (Å²) < 4.78 is 28.0. The highest BCUT2D eigenvalue weighted by molar-refractivity contribution is 7.91. The summed E-state index contributed by atoms with van der Waals surface area (Å²) in [6.07, 6.45) is 0. The fraction of sp³-hybridized carbons (Fsp3) is 0.176. The SMILES string of the molecule is CN1CCN=C(NS(=O)(=O)c2cc(C(=O)Nc3ccccc3)c(Cl)cc2S)N1. The zero-order valence-corrected chi connectivity index (χ0v) is 17.3. The van der Waals surface area contributed by atoms with Gasteiger partial charge in [0.15, 0.2) is 0 Å². The lowest BCUT2D eigenvalue weighted by Gasteiger charge is -2.24. The van der Waals surface area contributed by atoms with E-state index in [2.05, 4.69) is 33.1 Å². The van der Waals surface area contributed by atoms with Crippen LogP contribution in [0.15, 0.2) is 57.2 Å². The third-order valence-corrected chi connectivity index (χ3v) is 6.06. The fourth-order valence-corrected chi connectivity index (χ4v) is 4.43. The topological polar surface area (TPSA) is 103 Å². The predicted molar refractivity (Wildman–Crippen MR) is 111 cm³/mol. The van der Waals surface area contributed by atoms with Gasteiger partial charge in [-0.2, -0.15) is 0 Å². The Bertz CT molecular complexity index is 1030. The molecule has 0 spiro atoms. The second-order valence-electron chi connectivity index (χ2n) is 5.99. The molecule has 28 heavy (non-hydrogen) atoms. The number of hydrogen-bond donors (Lipinski definition) is 4. The van der Waals surface area contributed by atoms with Crippen molar-refractivity contribution in [3.8, 4) is 0 Å². The molecule has 1 heterocycles. The zero-order valence-electron chi connectivity index (χ0n) is 14.8. The molecule has 1 amide bonds. The van der Waals surface area contributed by atoms with Crippen molar-refractivity contribution in [2.75, 3.05) is 25.5 Å². The molecule has 8 nitrogen and oxygen atoms in total. The van der Waals surface area contributed by atoms with E-state index in [4.69, 9.17) is 11.6 Å². The third-order valence-electron chi connectivity index (χ3n) is 3.85. The number of sulfonamides is 1. The summed E-state index contributed by atoms with van der Waals surface area (Å²) in [7, 11) is -2.28. The van der Waals surface area contributed by atoms with Gasteiger partial charge in [0.05, 0.1) is 17.1 Å². The molecule has 0 unspecified atom stereocenters. The van der Waals surface area contributed by atoms with Gasteiger partial charge in [0.1, 0.15) is 4.90 Å². The van der Waals surface area contributed by atoms with Crippen molar-refractivity contribution in [1.82, 2.24) is 15.2 Å². The number of aliphatic imine (C=N–C) groups is 1. The maximum atomic E-state index is 12.8. The van der Waals surface area contributed by atoms with Crippen LogP contribution in [0.3, 0.4) is 0 Å². The molecule has 0 atom stereocenters. The van der Waals surface area contributed by atoms with Gasteiger partial charge >= 0.3 is 0 Å². The van der Waals surface area contributed by atoms with Gasteiger partial charge in [-0.25, -0.2) is 23.1 Å². The van der Waals surface area contributed by atoms with Gasteiger partial charge in [-0.1, -0.05) is 29.8 Å². The summed E-state index contributed by atoms with van der Waals surface area (Å²) in [6.45, 7) is 1.09. The Kier molecular flexibility index (Phi) is 6.14. The molecule has 1 aliphatic rings. The number of nitrogens with one attached hydrogen (secondary N) is 3. The summed E-state index contributed by atoms with van der Waals surface area (Å²) >= 11 is 10.4. The van der Waals surface area contributed by atoms with Crippen molar-refractivity contribution in [3.63, 3.8) is 0 Å². The number of guanidine groups is 1. The Morgan fingerprint density at radius 1 is 1.29 bits per heavy atom. The highest BCUT2D eigenvalue weighted by atomic mass is 35.5. The first kappa shape index (κ1) is 20.5. The number of carbonyl (C=O) groups is 1. The van der Waals surface area contributed by atoms with Gasteiger partial charge in [-0.15, -0.1) is 12.6 Å². The van der Waals surface area contributed by atoms with E-state index in [1.54, 1.807) is 36.3 Å². The highest BCUT2D eigenvalue weighted by Gasteiger charge is 2.24. The monoisotopic (exact) mass is 439 g/mol. The van der Waals surface area contributed by atoms with Crippen molar-refractivity contribution >= 4 is 51.8 Å². The Balaban J connectivity index is 1.90. The number of para-hydroxylation sites is 1. The van der Waals surface area contributed by atoms with Gasteiger partial charge in [0.25, 0.3) is 15.9 Å². The van der Waals surface area contributed by atoms with Crippen molar-refractivity contribution in [3.05, 3.63) is 53.1 Å². The first-order chi connectivity index (χ1) is 13.3. The van der Waals surface area contributed by atoms with Crippen LogP contribution in [0.25, 0.3) is 0 Å². The average molecular weight is 440 g/mol. The van der Waals surface area contributed by atoms with Crippen LogP contribution in [0, 0.1) is 0 Å². The van der Waals surface area contributed by atoms with E-state index in [1.807, 2.05) is 6.07 Å². The van der Waals surface area contributed by atoms with Crippen molar-refractivity contribution in [2.45, 2.75) is 9.79 Å². The molecule has 3 rings (SSSR count). The molecule has 0 aliphatic carbocycles. The number of halogens is 1. The molecule has 0 bridgehead atoms. The van der Waals surface area contributed by atoms with Crippen LogP contribution in [0.5, 0.6) is 0 Å². The van der Waals surface area contributed by atoms with E-state index >= 15 is 0 Å². The standard InChI is InChI=1S/C17H18ClN5O3S2/c1-23-8-7-19-17(21-23)22-28(25,26)15-9-12(13(18)10-14(15)27)16(24)20-11-5-3-2-4-6-11/h2-6,9-10,27H,7-8H2,1H3,(H,20,24)(H2,19,21,22). The Labute approximate surface area is 173 Å². The Hall–Kier alpha value is -2.27. The number of anilines is 1. The van der Waals surface area contributed by atoms with E-state index < -0.39 is 15.9 Å². The number of nitrogens with zero attached hydrogens (tertiary/aromatic N) is 2. The summed E-state index contributed by atoms with van der Waals surface area (Å²) in [4.78, 5) is 16.6. The van der Waals surface area contributed by atoms with E-state index in [0.717, 1.165) is 0 Å². The molecule has 0 saturated carbocycles. The van der Waals surface area contributed by atoms with Crippen LogP contribution in [0.1, 0.15) is 10.4 Å². The van der Waals surface area contributed by atoms with Crippen molar-refractivity contribution in [1.29, 1.82) is 0 Å². The van der Waals surface area contributed by atoms with Crippen LogP contribution in [-0.4, -0.2) is 45.4 Å². The smallest absolute Gasteiger partial charge is 0.265 e. The van der Waals surface area contributed by atoms with Crippen LogP contribution < -0.4 is 15.5 Å². The van der Waals surface area contributed by atoms with E-state index in [9.17, 15) is 13.2 Å². The average Bonchev–Trinajstić information content (AvgIpc) is 2.61. The van der Waals surface area contributed by atoms with E-state index in [-0.39, 0.29) is 26.3 Å². The van der Waals surface area contributed by atoms with E-state index in [0.29, 0.717) is 18.8 Å². The first-order valence-corrected chi connectivity index (χ1v) is 10.5. The van der Waals surface area contributed by atoms with Gasteiger partial charge in [0, 0.05) is 24.2 Å². The predicted octanol–water partition coefficient (Wildman–Crippen LogP) is 1.97. The maximum Gasteiger partial charge on any atom is 0.265 e. The first-order valence-electron chi connectivity index (χ1n) is 8.20. The molecule has 2 aromatic carbocycles. The largest absolute Gasteiger partial charge is 0.322 e. The molecule has 1 aliphatic heterocycles. The number of amides is 1. The second kappa shape index (κ2) is 8.39. The Morgan fingerprint density at radius 3 is 2.68 bits per heavy atom. The number of rotatable bonds is 4. The lowest BCUT2D eigenvalue weighted by Crippen LogP contribution is -2.52. The zero-order chi connectivity index (χ0) is 20.3. The van der Waals surface area contributed by atoms with Crippen molar-refractivity contribution < 1.29 is 13.2 Å². The fourth-order valence-electron chi connectivity index (χ4n) is 2.47. The molecule has 0 radical (unpaired) electrons. The van der Waals surface area contributed by atoms with E-state index in [1.165, 1.54) is 12.1 Å². The third kappa shape index (κ3) is 4.76. The second-order valence-corrected chi connectivity index (χ2v) is 8.53. The molecular weight excluding hydrogens is 422 g/mol. The van der Waals surface area contributed by atoms with Crippen LogP contribution >= 0.6 is 24.2 Å². The van der Waals surface area contributed by atoms with Crippen molar-refractivity contribution in [2.24, 2.45) is 4.99 Å². The van der Waals surface area contributed by atoms with Gasteiger partial charge in [0.2, 0.25) is 5.96 Å². The minimum Gasteiger partial charge on any atom is -0.322 e.